The van der Waals surface area contributed by atoms with Crippen LogP contribution in [0.15, 0.2) is 24.3 Å². The lowest BCUT2D eigenvalue weighted by Crippen LogP contribution is -2.51. The van der Waals surface area contributed by atoms with E-state index in [4.69, 9.17) is 14.6 Å². The molecule has 2 bridgehead atoms. The minimum absolute atomic E-state index is 0.0102. The predicted molar refractivity (Wildman–Crippen MR) is 130 cm³/mol. The number of hydrogen-bond acceptors (Lipinski definition) is 7. The van der Waals surface area contributed by atoms with Gasteiger partial charge in [0.15, 0.2) is 0 Å². The number of hydrogen-bond donors (Lipinski definition) is 2. The van der Waals surface area contributed by atoms with E-state index < -0.39 is 22.6 Å². The molecule has 2 N–H and O–H groups in total. The maximum Gasteiger partial charge on any atom is 0.310 e. The molecule has 1 aromatic carbocycles. The quantitative estimate of drug-likeness (QED) is 0.363. The lowest BCUT2D eigenvalue weighted by Gasteiger charge is -2.34. The van der Waals surface area contributed by atoms with E-state index in [2.05, 4.69) is 5.32 Å². The van der Waals surface area contributed by atoms with Crippen molar-refractivity contribution in [3.8, 4) is 5.75 Å². The number of ether oxygens (including phenoxy) is 2. The van der Waals surface area contributed by atoms with E-state index in [-0.39, 0.29) is 36.2 Å². The van der Waals surface area contributed by atoms with Crippen molar-refractivity contribution in [2.24, 2.45) is 11.8 Å². The normalized spacial score (nSPS) is 29.3. The number of carbonyl (C=O) groups excluding carboxylic acids is 3. The fraction of sp³-hybridized carbons (Fsp3) is 0.640. The van der Waals surface area contributed by atoms with Crippen molar-refractivity contribution in [2.45, 2.75) is 61.5 Å². The van der Waals surface area contributed by atoms with Crippen molar-refractivity contribution in [2.75, 3.05) is 32.2 Å². The third-order valence-electron chi connectivity index (χ3n) is 7.27. The number of aliphatic hydroxyl groups is 1. The molecule has 0 aliphatic carbocycles. The molecule has 34 heavy (non-hydrogen) atoms. The Hall–Kier alpha value is -2.26. The number of unbranched alkanes of at least 4 members (excludes halogenated alkanes) is 3. The predicted octanol–water partition coefficient (Wildman–Crippen LogP) is 2.84. The summed E-state index contributed by atoms with van der Waals surface area (Å²) in [5, 5.41) is 12.1. The molecule has 0 radical (unpaired) electrons. The highest BCUT2D eigenvalue weighted by Gasteiger charge is 2.73. The van der Waals surface area contributed by atoms with Crippen molar-refractivity contribution in [3.63, 3.8) is 0 Å². The lowest BCUT2D eigenvalue weighted by atomic mass is 9.71. The summed E-state index contributed by atoms with van der Waals surface area (Å²) in [6, 6.07) is 6.48. The smallest absolute Gasteiger partial charge is 0.310 e. The van der Waals surface area contributed by atoms with Crippen LogP contribution in [0.1, 0.15) is 45.4 Å². The van der Waals surface area contributed by atoms with Gasteiger partial charge < -0.3 is 24.8 Å². The number of rotatable bonds is 11. The van der Waals surface area contributed by atoms with Crippen molar-refractivity contribution in [1.29, 1.82) is 0 Å². The average Bonchev–Trinajstić information content (AvgIpc) is 3.47. The summed E-state index contributed by atoms with van der Waals surface area (Å²) in [4.78, 5) is 42.0. The Morgan fingerprint density at radius 1 is 1.21 bits per heavy atom. The molecule has 3 heterocycles. The monoisotopic (exact) mass is 490 g/mol. The number of anilines is 1. The maximum atomic E-state index is 13.7. The molecule has 3 fully saturated rings. The molecular weight excluding hydrogens is 456 g/mol. The van der Waals surface area contributed by atoms with Gasteiger partial charge in [-0.1, -0.05) is 12.8 Å². The first kappa shape index (κ1) is 24.9. The van der Waals surface area contributed by atoms with Crippen LogP contribution in [0.4, 0.5) is 5.69 Å². The van der Waals surface area contributed by atoms with Gasteiger partial charge >= 0.3 is 5.97 Å². The Kier molecular flexibility index (Phi) is 7.72. The Bertz CT molecular complexity index is 909. The Balaban J connectivity index is 1.59. The highest BCUT2D eigenvalue weighted by molar-refractivity contribution is 8.02. The molecule has 1 spiro atoms. The lowest BCUT2D eigenvalue weighted by molar-refractivity contribution is -0.153. The second-order valence-corrected chi connectivity index (χ2v) is 10.8. The summed E-state index contributed by atoms with van der Waals surface area (Å²) in [6.07, 6.45) is 4.75. The number of methoxy groups -OCH3 is 1. The molecular formula is C25H34N2O6S. The SMILES string of the molecule is CCOC(=O)[C@@H]1[C@@H]2CCC3(S2)C(C(=O)Nc2ccc(OC)cc2)N(CCCCCCO)C(=O)[C@H]13. The fourth-order valence-corrected chi connectivity index (χ4v) is 8.04. The van der Waals surface area contributed by atoms with Crippen LogP contribution in [0.25, 0.3) is 0 Å². The first-order valence-electron chi connectivity index (χ1n) is 12.2. The van der Waals surface area contributed by atoms with Gasteiger partial charge in [0.05, 0.1) is 30.3 Å². The van der Waals surface area contributed by atoms with E-state index in [1.54, 1.807) is 55.0 Å². The van der Waals surface area contributed by atoms with E-state index in [0.717, 1.165) is 38.5 Å². The number of amides is 2. The van der Waals surface area contributed by atoms with E-state index in [9.17, 15) is 14.4 Å². The van der Waals surface area contributed by atoms with Crippen molar-refractivity contribution in [3.05, 3.63) is 24.3 Å². The van der Waals surface area contributed by atoms with Crippen LogP contribution in [0.2, 0.25) is 0 Å². The topological polar surface area (TPSA) is 105 Å². The summed E-state index contributed by atoms with van der Waals surface area (Å²) in [6.45, 7) is 2.66. The molecule has 2 unspecified atom stereocenters. The number of carbonyl (C=O) groups is 3. The number of nitrogens with zero attached hydrogens (tertiary/aromatic N) is 1. The highest BCUT2D eigenvalue weighted by atomic mass is 32.2. The van der Waals surface area contributed by atoms with Crippen LogP contribution in [0.3, 0.4) is 0 Å². The molecule has 4 rings (SSSR count). The zero-order valence-electron chi connectivity index (χ0n) is 19.8. The molecule has 1 aromatic rings. The van der Waals surface area contributed by atoms with Crippen LogP contribution in [-0.2, 0) is 19.1 Å². The molecule has 3 saturated heterocycles. The van der Waals surface area contributed by atoms with Gasteiger partial charge in [-0.25, -0.2) is 0 Å². The third-order valence-corrected chi connectivity index (χ3v) is 9.22. The summed E-state index contributed by atoms with van der Waals surface area (Å²) in [5.74, 6) is -0.974. The van der Waals surface area contributed by atoms with Crippen molar-refractivity contribution >= 4 is 35.2 Å². The van der Waals surface area contributed by atoms with Gasteiger partial charge in [-0.3, -0.25) is 14.4 Å². The molecule has 0 aromatic heterocycles. The number of aliphatic hydroxyl groups excluding tert-OH is 1. The van der Waals surface area contributed by atoms with Gasteiger partial charge in [0.25, 0.3) is 0 Å². The van der Waals surface area contributed by atoms with E-state index in [1.807, 2.05) is 0 Å². The zero-order valence-corrected chi connectivity index (χ0v) is 20.6. The largest absolute Gasteiger partial charge is 0.497 e. The molecule has 5 atom stereocenters. The van der Waals surface area contributed by atoms with E-state index in [0.29, 0.717) is 18.0 Å². The number of thioether (sulfide) groups is 1. The number of fused-ring (bicyclic) bond motifs is 1. The summed E-state index contributed by atoms with van der Waals surface area (Å²) in [5.41, 5.74) is 0.639. The van der Waals surface area contributed by atoms with Crippen LogP contribution in [0, 0.1) is 11.8 Å². The standard InChI is InChI=1S/C25H34N2O6S/c1-3-33-24(31)19-18-12-13-25(34-18)20(19)23(30)27(14-6-4-5-7-15-28)21(25)22(29)26-16-8-10-17(32-2)11-9-16/h8-11,18-21,28H,3-7,12-15H2,1-2H3,(H,26,29)/t18-,19+,20-,21?,25?/m0/s1. The second-order valence-electron chi connectivity index (χ2n) is 9.20. The minimum atomic E-state index is -0.639. The Morgan fingerprint density at radius 2 is 1.94 bits per heavy atom. The molecule has 186 valence electrons. The first-order valence-corrected chi connectivity index (χ1v) is 13.1. The van der Waals surface area contributed by atoms with E-state index >= 15 is 0 Å². The average molecular weight is 491 g/mol. The number of esters is 1. The van der Waals surface area contributed by atoms with Crippen LogP contribution < -0.4 is 10.1 Å². The van der Waals surface area contributed by atoms with Crippen LogP contribution in [0.5, 0.6) is 5.75 Å². The van der Waals surface area contributed by atoms with Crippen molar-refractivity contribution in [1.82, 2.24) is 4.90 Å². The number of benzene rings is 1. The van der Waals surface area contributed by atoms with Gasteiger partial charge in [0.1, 0.15) is 11.8 Å². The minimum Gasteiger partial charge on any atom is -0.497 e. The van der Waals surface area contributed by atoms with Gasteiger partial charge in [0.2, 0.25) is 11.8 Å². The van der Waals surface area contributed by atoms with Gasteiger partial charge in [-0.05, 0) is 56.9 Å². The second kappa shape index (κ2) is 10.6. The van der Waals surface area contributed by atoms with Gasteiger partial charge in [-0.2, -0.15) is 0 Å². The maximum absolute atomic E-state index is 13.7. The van der Waals surface area contributed by atoms with Gasteiger partial charge in [-0.15, -0.1) is 11.8 Å². The molecule has 9 heteroatoms. The van der Waals surface area contributed by atoms with Crippen LogP contribution in [-0.4, -0.2) is 70.7 Å². The zero-order chi connectivity index (χ0) is 24.3. The number of likely N-dealkylation sites (tertiary alicyclic amines) is 1. The summed E-state index contributed by atoms with van der Waals surface area (Å²) in [7, 11) is 1.59. The summed E-state index contributed by atoms with van der Waals surface area (Å²) >= 11 is 1.64. The molecule has 3 aliphatic rings. The summed E-state index contributed by atoms with van der Waals surface area (Å²) < 4.78 is 9.93. The molecule has 2 amide bonds. The first-order chi connectivity index (χ1) is 16.5. The van der Waals surface area contributed by atoms with Crippen molar-refractivity contribution < 1.29 is 29.0 Å². The van der Waals surface area contributed by atoms with Crippen LogP contribution >= 0.6 is 11.8 Å². The molecule has 0 saturated carbocycles. The fourth-order valence-electron chi connectivity index (χ4n) is 5.83. The number of nitrogens with one attached hydrogen (secondary N) is 1. The Morgan fingerprint density at radius 3 is 2.62 bits per heavy atom. The Labute approximate surface area is 204 Å². The molecule has 3 aliphatic heterocycles. The molecule has 8 nitrogen and oxygen atoms in total. The highest BCUT2D eigenvalue weighted by Crippen LogP contribution is 2.66. The van der Waals surface area contributed by atoms with E-state index in [1.165, 1.54) is 0 Å². The van der Waals surface area contributed by atoms with Gasteiger partial charge in [0, 0.05) is 24.1 Å². The third kappa shape index (κ3) is 4.40.